The smallest absolute Gasteiger partial charge is 0.240 e. The fraction of sp³-hybridized carbons (Fsp3) is 0.562. The van der Waals surface area contributed by atoms with Crippen LogP contribution < -0.4 is 11.1 Å². The quantitative estimate of drug-likeness (QED) is 0.901. The Labute approximate surface area is 132 Å². The molecule has 1 fully saturated rings. The van der Waals surface area contributed by atoms with Gasteiger partial charge >= 0.3 is 0 Å². The van der Waals surface area contributed by atoms with E-state index >= 15 is 0 Å². The molecular weight excluding hydrogens is 288 g/mol. The minimum absolute atomic E-state index is 0. The summed E-state index contributed by atoms with van der Waals surface area (Å²) < 4.78 is 5.28. The molecule has 3 N–H and O–H groups in total. The lowest BCUT2D eigenvalue weighted by Crippen LogP contribution is -2.57. The topological polar surface area (TPSA) is 64.4 Å². The Morgan fingerprint density at radius 1 is 1.33 bits per heavy atom. The SMILES string of the molecule is Cc1ccc(C(C)NC(=O)C2(N)CCOCC2)c(C)c1.Cl. The minimum Gasteiger partial charge on any atom is -0.381 e. The summed E-state index contributed by atoms with van der Waals surface area (Å²) in [6.07, 6.45) is 1.16. The van der Waals surface area contributed by atoms with E-state index in [0.29, 0.717) is 26.1 Å². The van der Waals surface area contributed by atoms with Crippen molar-refractivity contribution in [3.8, 4) is 0 Å². The summed E-state index contributed by atoms with van der Waals surface area (Å²) >= 11 is 0. The molecule has 0 bridgehead atoms. The number of carbonyl (C=O) groups excluding carboxylic acids is 1. The fourth-order valence-electron chi connectivity index (χ4n) is 2.69. The number of ether oxygens (including phenoxy) is 1. The second kappa shape index (κ2) is 7.25. The first-order valence-corrected chi connectivity index (χ1v) is 7.17. The predicted octanol–water partition coefficient (Wildman–Crippen LogP) is 2.41. The lowest BCUT2D eigenvalue weighted by molar-refractivity contribution is -0.130. The third-order valence-corrected chi connectivity index (χ3v) is 4.08. The highest BCUT2D eigenvalue weighted by atomic mass is 35.5. The van der Waals surface area contributed by atoms with Crippen LogP contribution in [0.15, 0.2) is 18.2 Å². The van der Waals surface area contributed by atoms with Crippen LogP contribution in [0.25, 0.3) is 0 Å². The van der Waals surface area contributed by atoms with E-state index in [0.717, 1.165) is 5.56 Å². The number of benzene rings is 1. The number of hydrogen-bond acceptors (Lipinski definition) is 3. The number of nitrogens with one attached hydrogen (secondary N) is 1. The van der Waals surface area contributed by atoms with Gasteiger partial charge in [0.05, 0.1) is 11.6 Å². The van der Waals surface area contributed by atoms with Gasteiger partial charge in [0.25, 0.3) is 0 Å². The van der Waals surface area contributed by atoms with E-state index in [-0.39, 0.29) is 24.4 Å². The van der Waals surface area contributed by atoms with Crippen molar-refractivity contribution in [2.45, 2.75) is 45.2 Å². The van der Waals surface area contributed by atoms with Gasteiger partial charge in [0.15, 0.2) is 0 Å². The number of rotatable bonds is 3. The van der Waals surface area contributed by atoms with Gasteiger partial charge in [0.2, 0.25) is 5.91 Å². The number of nitrogens with two attached hydrogens (primary N) is 1. The van der Waals surface area contributed by atoms with Gasteiger partial charge in [0, 0.05) is 13.2 Å². The number of halogens is 1. The van der Waals surface area contributed by atoms with Crippen molar-refractivity contribution < 1.29 is 9.53 Å². The van der Waals surface area contributed by atoms with Crippen molar-refractivity contribution in [3.05, 3.63) is 34.9 Å². The highest BCUT2D eigenvalue weighted by Gasteiger charge is 2.36. The van der Waals surface area contributed by atoms with Crippen LogP contribution in [0.2, 0.25) is 0 Å². The van der Waals surface area contributed by atoms with Gasteiger partial charge in [0.1, 0.15) is 0 Å². The molecule has 0 saturated carbocycles. The van der Waals surface area contributed by atoms with E-state index in [2.05, 4.69) is 37.4 Å². The standard InChI is InChI=1S/C16H24N2O2.ClH/c1-11-4-5-14(12(2)10-11)13(3)18-15(19)16(17)6-8-20-9-7-16;/h4-5,10,13H,6-9,17H2,1-3H3,(H,18,19);1H. The summed E-state index contributed by atoms with van der Waals surface area (Å²) in [5.74, 6) is -0.0757. The Bertz CT molecular complexity index is 499. The summed E-state index contributed by atoms with van der Waals surface area (Å²) in [6, 6.07) is 6.23. The highest BCUT2D eigenvalue weighted by Crippen LogP contribution is 2.22. The molecule has 0 spiro atoms. The number of amides is 1. The molecule has 2 rings (SSSR count). The molecule has 1 aliphatic rings. The third kappa shape index (κ3) is 4.19. The first-order chi connectivity index (χ1) is 9.42. The van der Waals surface area contributed by atoms with Crippen molar-refractivity contribution in [1.82, 2.24) is 5.32 Å². The van der Waals surface area contributed by atoms with Crippen LogP contribution in [0.4, 0.5) is 0 Å². The van der Waals surface area contributed by atoms with E-state index in [1.807, 2.05) is 6.92 Å². The molecule has 1 saturated heterocycles. The molecule has 5 heteroatoms. The van der Waals surface area contributed by atoms with Crippen molar-refractivity contribution in [1.29, 1.82) is 0 Å². The Balaban J connectivity index is 0.00000220. The zero-order chi connectivity index (χ0) is 14.8. The monoisotopic (exact) mass is 312 g/mol. The van der Waals surface area contributed by atoms with Crippen LogP contribution in [0, 0.1) is 13.8 Å². The van der Waals surface area contributed by atoms with Crippen LogP contribution in [0.1, 0.15) is 42.5 Å². The van der Waals surface area contributed by atoms with Crippen molar-refractivity contribution in [2.75, 3.05) is 13.2 Å². The number of hydrogen-bond donors (Lipinski definition) is 2. The van der Waals surface area contributed by atoms with Crippen LogP contribution in [-0.4, -0.2) is 24.7 Å². The van der Waals surface area contributed by atoms with Gasteiger partial charge in [-0.25, -0.2) is 0 Å². The average molecular weight is 313 g/mol. The second-order valence-corrected chi connectivity index (χ2v) is 5.82. The van der Waals surface area contributed by atoms with E-state index in [9.17, 15) is 4.79 Å². The number of aryl methyl sites for hydroxylation is 2. The lowest BCUT2D eigenvalue weighted by atomic mass is 9.89. The first kappa shape index (κ1) is 18.0. The molecule has 1 aliphatic heterocycles. The van der Waals surface area contributed by atoms with Crippen molar-refractivity contribution in [3.63, 3.8) is 0 Å². The molecule has 21 heavy (non-hydrogen) atoms. The molecule has 1 atom stereocenters. The third-order valence-electron chi connectivity index (χ3n) is 4.08. The summed E-state index contributed by atoms with van der Waals surface area (Å²) in [4.78, 5) is 12.4. The zero-order valence-corrected chi connectivity index (χ0v) is 13.8. The molecule has 1 aromatic rings. The Morgan fingerprint density at radius 2 is 1.95 bits per heavy atom. The molecule has 118 valence electrons. The lowest BCUT2D eigenvalue weighted by Gasteiger charge is -2.33. The molecular formula is C16H25ClN2O2. The van der Waals surface area contributed by atoms with Crippen molar-refractivity contribution in [2.24, 2.45) is 5.73 Å². The van der Waals surface area contributed by atoms with E-state index in [4.69, 9.17) is 10.5 Å². The second-order valence-electron chi connectivity index (χ2n) is 5.82. The Kier molecular flexibility index (Phi) is 6.20. The zero-order valence-electron chi connectivity index (χ0n) is 12.9. The normalized spacial score (nSPS) is 18.5. The summed E-state index contributed by atoms with van der Waals surface area (Å²) in [7, 11) is 0. The highest BCUT2D eigenvalue weighted by molar-refractivity contribution is 5.86. The molecule has 0 aromatic heterocycles. The van der Waals surface area contributed by atoms with Crippen LogP contribution in [0.5, 0.6) is 0 Å². The Hall–Kier alpha value is -1.10. The molecule has 4 nitrogen and oxygen atoms in total. The molecule has 1 unspecified atom stereocenters. The average Bonchev–Trinajstić information content (AvgIpc) is 2.39. The Morgan fingerprint density at radius 3 is 2.52 bits per heavy atom. The first-order valence-electron chi connectivity index (χ1n) is 7.17. The summed E-state index contributed by atoms with van der Waals surface area (Å²) in [6.45, 7) is 7.25. The van der Waals surface area contributed by atoms with Gasteiger partial charge in [-0.2, -0.15) is 0 Å². The number of carbonyl (C=O) groups is 1. The van der Waals surface area contributed by atoms with Gasteiger partial charge in [-0.1, -0.05) is 23.8 Å². The maximum atomic E-state index is 12.4. The summed E-state index contributed by atoms with van der Waals surface area (Å²) in [5, 5.41) is 3.05. The minimum atomic E-state index is -0.787. The van der Waals surface area contributed by atoms with Crippen LogP contribution in [-0.2, 0) is 9.53 Å². The van der Waals surface area contributed by atoms with Gasteiger partial charge in [-0.05, 0) is 44.7 Å². The van der Waals surface area contributed by atoms with Crippen LogP contribution in [0.3, 0.4) is 0 Å². The predicted molar refractivity (Wildman–Crippen MR) is 86.7 cm³/mol. The fourth-order valence-corrected chi connectivity index (χ4v) is 2.69. The molecule has 1 heterocycles. The van der Waals surface area contributed by atoms with Gasteiger partial charge in [-0.3, -0.25) is 4.79 Å². The molecule has 0 aliphatic carbocycles. The molecule has 1 amide bonds. The summed E-state index contributed by atoms with van der Waals surface area (Å²) in [5.41, 5.74) is 8.97. The largest absolute Gasteiger partial charge is 0.381 e. The maximum absolute atomic E-state index is 12.4. The van der Waals surface area contributed by atoms with Crippen LogP contribution >= 0.6 is 12.4 Å². The van der Waals surface area contributed by atoms with E-state index in [1.165, 1.54) is 11.1 Å². The molecule has 0 radical (unpaired) electrons. The van der Waals surface area contributed by atoms with Gasteiger partial charge in [-0.15, -0.1) is 12.4 Å². The van der Waals surface area contributed by atoms with Crippen molar-refractivity contribution >= 4 is 18.3 Å². The van der Waals surface area contributed by atoms with Gasteiger partial charge < -0.3 is 15.8 Å². The maximum Gasteiger partial charge on any atom is 0.240 e. The van der Waals surface area contributed by atoms with E-state index < -0.39 is 5.54 Å². The van der Waals surface area contributed by atoms with E-state index in [1.54, 1.807) is 0 Å². The molecule has 1 aromatic carbocycles.